The number of nitrogens with one attached hydrogen (secondary N) is 1. The summed E-state index contributed by atoms with van der Waals surface area (Å²) in [6.45, 7) is 8.26. The van der Waals surface area contributed by atoms with Gasteiger partial charge in [0.1, 0.15) is 22.6 Å². The summed E-state index contributed by atoms with van der Waals surface area (Å²) in [5, 5.41) is 26.3. The van der Waals surface area contributed by atoms with Crippen LogP contribution in [-0.2, 0) is 6.54 Å². The van der Waals surface area contributed by atoms with E-state index in [2.05, 4.69) is 17.4 Å². The maximum Gasteiger partial charge on any atom is 0.336 e. The molecule has 0 bridgehead atoms. The van der Waals surface area contributed by atoms with E-state index >= 15 is 0 Å². The minimum atomic E-state index is -0.998. The summed E-state index contributed by atoms with van der Waals surface area (Å²) in [5.74, 6) is -0.467. The zero-order valence-electron chi connectivity index (χ0n) is 32.5. The number of carboxylic acids is 2. The first-order valence-electron chi connectivity index (χ1n) is 18.7. The number of hydrogen-bond donors (Lipinski definition) is 3. The average molecular weight is 770 g/mol. The van der Waals surface area contributed by atoms with Crippen LogP contribution >= 0.6 is 0 Å². The Morgan fingerprint density at radius 1 is 0.603 bits per heavy atom. The Kier molecular flexibility index (Phi) is 9.84. The Morgan fingerprint density at radius 3 is 1.62 bits per heavy atom. The van der Waals surface area contributed by atoms with E-state index in [0.29, 0.717) is 62.6 Å². The zero-order chi connectivity index (χ0) is 40.7. The van der Waals surface area contributed by atoms with E-state index in [9.17, 15) is 19.8 Å². The van der Waals surface area contributed by atoms with E-state index < -0.39 is 11.9 Å². The molecule has 58 heavy (non-hydrogen) atoms. The molecule has 0 saturated heterocycles. The fourth-order valence-electron chi connectivity index (χ4n) is 7.43. The van der Waals surface area contributed by atoms with Crippen molar-refractivity contribution in [3.05, 3.63) is 154 Å². The second kappa shape index (κ2) is 15.2. The minimum absolute atomic E-state index is 0.203. The monoisotopic (exact) mass is 769 g/mol. The third kappa shape index (κ3) is 6.74. The van der Waals surface area contributed by atoms with Crippen molar-refractivity contribution in [3.63, 3.8) is 0 Å². The lowest BCUT2D eigenvalue weighted by Crippen LogP contribution is -2.04. The smallest absolute Gasteiger partial charge is 0.336 e. The second-order valence-electron chi connectivity index (χ2n) is 14.2. The number of anilines is 1. The molecule has 0 saturated carbocycles. The van der Waals surface area contributed by atoms with Crippen LogP contribution in [0, 0.1) is 27.7 Å². The molecule has 0 aliphatic rings. The fourth-order valence-corrected chi connectivity index (χ4v) is 7.43. The number of nitrogens with zero attached hydrogens (tertiary/aromatic N) is 2. The summed E-state index contributed by atoms with van der Waals surface area (Å²) in [6.07, 6.45) is 0. The SMILES string of the molecule is COc1c(-c2cc(C(=O)O)c3c(C)ccc(C)c3n2)oc2ccccc12.Cc1ccc(C)c2c(C(=O)O)cc(-c3oc4ccccc4c3NCc3ccccc3)nc12. The zero-order valence-corrected chi connectivity index (χ0v) is 32.5. The average Bonchev–Trinajstić information content (AvgIpc) is 3.81. The number of ether oxygens (including phenoxy) is 1. The van der Waals surface area contributed by atoms with Crippen molar-refractivity contribution in [1.82, 2.24) is 9.97 Å². The summed E-state index contributed by atoms with van der Waals surface area (Å²) in [6, 6.07) is 36.3. The molecular weight excluding hydrogens is 731 g/mol. The number of methoxy groups -OCH3 is 1. The Hall–Kier alpha value is -7.46. The number of benzene rings is 5. The maximum absolute atomic E-state index is 12.2. The number of carboxylic acid groups (broad SMARTS) is 2. The molecule has 0 radical (unpaired) electrons. The van der Waals surface area contributed by atoms with Gasteiger partial charge in [-0.3, -0.25) is 0 Å². The largest absolute Gasteiger partial charge is 0.492 e. The molecule has 10 heteroatoms. The summed E-state index contributed by atoms with van der Waals surface area (Å²) in [4.78, 5) is 33.6. The molecule has 0 aliphatic carbocycles. The highest BCUT2D eigenvalue weighted by Gasteiger charge is 2.24. The van der Waals surface area contributed by atoms with Crippen molar-refractivity contribution >= 4 is 61.4 Å². The van der Waals surface area contributed by atoms with Gasteiger partial charge in [-0.15, -0.1) is 0 Å². The van der Waals surface area contributed by atoms with E-state index in [1.165, 1.54) is 0 Å². The predicted molar refractivity (Wildman–Crippen MR) is 227 cm³/mol. The number of aromatic carboxylic acids is 2. The molecule has 0 unspecified atom stereocenters. The van der Waals surface area contributed by atoms with E-state index in [1.807, 2.05) is 119 Å². The first kappa shape index (κ1) is 37.5. The Morgan fingerprint density at radius 2 is 1.07 bits per heavy atom. The molecule has 9 rings (SSSR count). The van der Waals surface area contributed by atoms with E-state index in [4.69, 9.17) is 23.5 Å². The predicted octanol–water partition coefficient (Wildman–Crippen LogP) is 11.5. The van der Waals surface area contributed by atoms with Gasteiger partial charge in [-0.2, -0.15) is 0 Å². The number of hydrogen-bond acceptors (Lipinski definition) is 8. The van der Waals surface area contributed by atoms with Crippen LogP contribution in [0.1, 0.15) is 48.5 Å². The van der Waals surface area contributed by atoms with Crippen LogP contribution < -0.4 is 10.1 Å². The first-order chi connectivity index (χ1) is 28.0. The number of fused-ring (bicyclic) bond motifs is 4. The molecule has 0 atom stereocenters. The van der Waals surface area contributed by atoms with Gasteiger partial charge in [-0.1, -0.05) is 78.9 Å². The molecule has 0 aliphatic heterocycles. The highest BCUT2D eigenvalue weighted by Crippen LogP contribution is 2.42. The Balaban J connectivity index is 0.000000165. The van der Waals surface area contributed by atoms with Gasteiger partial charge in [-0.25, -0.2) is 19.6 Å². The number of carbonyl (C=O) groups is 2. The van der Waals surface area contributed by atoms with E-state index in [-0.39, 0.29) is 11.1 Å². The maximum atomic E-state index is 12.2. The number of para-hydroxylation sites is 2. The van der Waals surface area contributed by atoms with Crippen molar-refractivity contribution in [3.8, 4) is 28.7 Å². The molecule has 5 aromatic carbocycles. The van der Waals surface area contributed by atoms with Crippen molar-refractivity contribution in [1.29, 1.82) is 0 Å². The van der Waals surface area contributed by atoms with Gasteiger partial charge in [0.2, 0.25) is 0 Å². The molecule has 0 amide bonds. The van der Waals surface area contributed by atoms with Crippen LogP contribution in [-0.4, -0.2) is 39.2 Å². The van der Waals surface area contributed by atoms with Crippen LogP contribution in [0.5, 0.6) is 5.75 Å². The van der Waals surface area contributed by atoms with Crippen molar-refractivity contribution in [2.24, 2.45) is 0 Å². The van der Waals surface area contributed by atoms with Crippen LogP contribution in [0.15, 0.2) is 124 Å². The molecule has 4 heterocycles. The number of furan rings is 2. The molecule has 0 spiro atoms. The quantitative estimate of drug-likeness (QED) is 0.136. The van der Waals surface area contributed by atoms with E-state index in [0.717, 1.165) is 49.9 Å². The minimum Gasteiger partial charge on any atom is -0.492 e. The summed E-state index contributed by atoms with van der Waals surface area (Å²) >= 11 is 0. The van der Waals surface area contributed by atoms with Crippen molar-refractivity contribution in [2.75, 3.05) is 12.4 Å². The van der Waals surface area contributed by atoms with Gasteiger partial charge < -0.3 is 29.1 Å². The van der Waals surface area contributed by atoms with Crippen LogP contribution in [0.2, 0.25) is 0 Å². The van der Waals surface area contributed by atoms with Crippen LogP contribution in [0.4, 0.5) is 5.69 Å². The van der Waals surface area contributed by atoms with Crippen molar-refractivity contribution in [2.45, 2.75) is 34.2 Å². The van der Waals surface area contributed by atoms with Gasteiger partial charge >= 0.3 is 11.9 Å². The van der Waals surface area contributed by atoms with Crippen LogP contribution in [0.25, 0.3) is 66.7 Å². The topological polar surface area (TPSA) is 148 Å². The molecular formula is C48H39N3O7. The Labute approximate surface area is 333 Å². The summed E-state index contributed by atoms with van der Waals surface area (Å²) in [5.41, 5.74) is 9.60. The van der Waals surface area contributed by atoms with Crippen LogP contribution in [0.3, 0.4) is 0 Å². The fraction of sp³-hybridized carbons (Fsp3) is 0.125. The number of aryl methyl sites for hydroxylation is 4. The van der Waals surface area contributed by atoms with Gasteiger partial charge in [0.25, 0.3) is 0 Å². The van der Waals surface area contributed by atoms with Gasteiger partial charge in [0.15, 0.2) is 17.3 Å². The standard InChI is InChI=1S/C27H22N2O3.C21H17NO4/c1-16-12-13-17(2)24-23(16)20(27(30)31)14-21(29-24)26-25(19-10-6-7-11-22(19)32-26)28-15-18-8-4-3-5-9-18;1-11-8-9-12(2)18-17(11)14(21(23)24)10-15(22-18)20-19(25-3)13-6-4-5-7-16(13)26-20/h3-14,28H,15H2,1-2H3,(H,30,31);4-10H,1-3H3,(H,23,24). The number of aromatic nitrogens is 2. The first-order valence-corrected chi connectivity index (χ1v) is 18.7. The van der Waals surface area contributed by atoms with Gasteiger partial charge in [0, 0.05) is 22.7 Å². The molecule has 288 valence electrons. The van der Waals surface area contributed by atoms with Gasteiger partial charge in [-0.05, 0) is 91.9 Å². The lowest BCUT2D eigenvalue weighted by Gasteiger charge is -2.12. The molecule has 9 aromatic rings. The molecule has 0 fully saturated rings. The normalized spacial score (nSPS) is 11.2. The van der Waals surface area contributed by atoms with Gasteiger partial charge in [0.05, 0.1) is 40.3 Å². The highest BCUT2D eigenvalue weighted by atomic mass is 16.5. The third-order valence-corrected chi connectivity index (χ3v) is 10.3. The lowest BCUT2D eigenvalue weighted by molar-refractivity contribution is 0.0688. The number of rotatable bonds is 8. The summed E-state index contributed by atoms with van der Waals surface area (Å²) < 4.78 is 17.7. The second-order valence-corrected chi connectivity index (χ2v) is 14.2. The molecule has 3 N–H and O–H groups in total. The Bertz CT molecular complexity index is 3050. The summed E-state index contributed by atoms with van der Waals surface area (Å²) in [7, 11) is 1.56. The third-order valence-electron chi connectivity index (χ3n) is 10.3. The highest BCUT2D eigenvalue weighted by molar-refractivity contribution is 6.08. The van der Waals surface area contributed by atoms with Crippen molar-refractivity contribution < 1.29 is 33.4 Å². The van der Waals surface area contributed by atoms with E-state index in [1.54, 1.807) is 19.2 Å². The number of pyridine rings is 2. The molecule has 4 aromatic heterocycles. The molecule has 10 nitrogen and oxygen atoms in total. The lowest BCUT2D eigenvalue weighted by atomic mass is 9.99.